The van der Waals surface area contributed by atoms with E-state index in [9.17, 15) is 14.7 Å². The smallest absolute Gasteiger partial charge is 0.295 e. The van der Waals surface area contributed by atoms with Crippen molar-refractivity contribution in [3.63, 3.8) is 0 Å². The minimum Gasteiger partial charge on any atom is -0.507 e. The summed E-state index contributed by atoms with van der Waals surface area (Å²) >= 11 is 0. The van der Waals surface area contributed by atoms with Crippen LogP contribution in [0, 0.1) is 5.92 Å². The molecule has 39 heavy (non-hydrogen) atoms. The van der Waals surface area contributed by atoms with E-state index in [4.69, 9.17) is 9.47 Å². The zero-order valence-corrected chi connectivity index (χ0v) is 23.4. The molecule has 2 aromatic carbocycles. The van der Waals surface area contributed by atoms with E-state index in [0.717, 1.165) is 11.1 Å². The Morgan fingerprint density at radius 3 is 2.49 bits per heavy atom. The summed E-state index contributed by atoms with van der Waals surface area (Å²) in [6.07, 6.45) is 3.32. The average Bonchev–Trinajstić information content (AvgIpc) is 3.16. The number of aliphatic hydroxyl groups is 1. The average molecular weight is 529 g/mol. The molecule has 0 bridgehead atoms. The Kier molecular flexibility index (Phi) is 8.09. The first-order valence-electron chi connectivity index (χ1n) is 13.1. The SMILES string of the molecule is COc1ccc(/C(O)=C2\C(=O)C(=O)N(Cc3cccnc3)C2c2cccc(OCC(C)C)c2)cc1C(C)(C)C. The molecule has 0 aliphatic carbocycles. The summed E-state index contributed by atoms with van der Waals surface area (Å²) in [6, 6.07) is 15.5. The van der Waals surface area contributed by atoms with Crippen LogP contribution in [0.15, 0.2) is 72.6 Å². The number of likely N-dealkylation sites (tertiary alicyclic amines) is 1. The van der Waals surface area contributed by atoms with Gasteiger partial charge in [0.15, 0.2) is 0 Å². The predicted octanol–water partition coefficient (Wildman–Crippen LogP) is 6.04. The van der Waals surface area contributed by atoms with Gasteiger partial charge in [-0.2, -0.15) is 0 Å². The maximum absolute atomic E-state index is 13.5. The maximum atomic E-state index is 13.5. The van der Waals surface area contributed by atoms with Crippen LogP contribution in [0.1, 0.15) is 62.9 Å². The lowest BCUT2D eigenvalue weighted by Gasteiger charge is -2.26. The lowest BCUT2D eigenvalue weighted by molar-refractivity contribution is -0.140. The zero-order chi connectivity index (χ0) is 28.3. The summed E-state index contributed by atoms with van der Waals surface area (Å²) in [5.74, 6) is 0.00684. The summed E-state index contributed by atoms with van der Waals surface area (Å²) in [7, 11) is 1.60. The van der Waals surface area contributed by atoms with E-state index in [1.807, 2.05) is 57.2 Å². The molecule has 1 fully saturated rings. The Hall–Kier alpha value is -4.13. The summed E-state index contributed by atoms with van der Waals surface area (Å²) in [4.78, 5) is 32.6. The standard InChI is InChI=1S/C32H36N2O5/c1-20(2)19-39-24-11-7-10-22(15-24)28-27(30(36)31(37)34(28)18-21-9-8-14-33-17-21)29(35)23-12-13-26(38-6)25(16-23)32(3,4)5/h7-17,20,28,35H,18-19H2,1-6H3/b29-27+. The van der Waals surface area contributed by atoms with Crippen LogP contribution in [-0.4, -0.2) is 40.4 Å². The number of aromatic nitrogens is 1. The largest absolute Gasteiger partial charge is 0.507 e. The normalized spacial score (nSPS) is 17.1. The molecule has 1 aliphatic rings. The fourth-order valence-electron chi connectivity index (χ4n) is 4.71. The van der Waals surface area contributed by atoms with Gasteiger partial charge in [0.25, 0.3) is 11.7 Å². The third kappa shape index (κ3) is 5.98. The molecular weight excluding hydrogens is 492 g/mol. The molecule has 1 saturated heterocycles. The van der Waals surface area contributed by atoms with Crippen LogP contribution in [0.2, 0.25) is 0 Å². The number of aliphatic hydroxyl groups excluding tert-OH is 1. The fourth-order valence-corrected chi connectivity index (χ4v) is 4.71. The highest BCUT2D eigenvalue weighted by Gasteiger charge is 2.46. The Morgan fingerprint density at radius 2 is 1.85 bits per heavy atom. The van der Waals surface area contributed by atoms with Crippen LogP contribution in [0.25, 0.3) is 5.76 Å². The van der Waals surface area contributed by atoms with Gasteiger partial charge in [0, 0.05) is 30.1 Å². The lowest BCUT2D eigenvalue weighted by atomic mass is 9.84. The maximum Gasteiger partial charge on any atom is 0.295 e. The zero-order valence-electron chi connectivity index (χ0n) is 23.4. The van der Waals surface area contributed by atoms with E-state index in [1.54, 1.807) is 37.7 Å². The molecule has 7 nitrogen and oxygen atoms in total. The molecule has 1 amide bonds. The molecule has 1 N–H and O–H groups in total. The van der Waals surface area contributed by atoms with Gasteiger partial charge in [-0.05, 0) is 58.9 Å². The van der Waals surface area contributed by atoms with Gasteiger partial charge >= 0.3 is 0 Å². The topological polar surface area (TPSA) is 89.0 Å². The van der Waals surface area contributed by atoms with Crippen LogP contribution in [0.5, 0.6) is 11.5 Å². The predicted molar refractivity (Wildman–Crippen MR) is 151 cm³/mol. The fraction of sp³-hybridized carbons (Fsp3) is 0.344. The van der Waals surface area contributed by atoms with Crippen molar-refractivity contribution in [2.24, 2.45) is 5.92 Å². The minimum atomic E-state index is -0.812. The van der Waals surface area contributed by atoms with Crippen LogP contribution < -0.4 is 9.47 Å². The Labute approximate surface area is 230 Å². The van der Waals surface area contributed by atoms with Crippen molar-refractivity contribution < 1.29 is 24.2 Å². The number of rotatable bonds is 8. The highest BCUT2D eigenvalue weighted by molar-refractivity contribution is 6.46. The number of nitrogens with zero attached hydrogens (tertiary/aromatic N) is 2. The van der Waals surface area contributed by atoms with Gasteiger partial charge in [0.05, 0.1) is 25.3 Å². The van der Waals surface area contributed by atoms with E-state index in [-0.39, 0.29) is 23.3 Å². The van der Waals surface area contributed by atoms with E-state index >= 15 is 0 Å². The molecule has 0 radical (unpaired) electrons. The van der Waals surface area contributed by atoms with Gasteiger partial charge in [-0.3, -0.25) is 14.6 Å². The molecule has 1 unspecified atom stereocenters. The van der Waals surface area contributed by atoms with Crippen molar-refractivity contribution in [3.05, 3.63) is 94.8 Å². The van der Waals surface area contributed by atoms with Crippen molar-refractivity contribution in [2.45, 2.75) is 52.6 Å². The second kappa shape index (κ2) is 11.3. The second-order valence-corrected chi connectivity index (χ2v) is 11.2. The van der Waals surface area contributed by atoms with Crippen molar-refractivity contribution in [2.75, 3.05) is 13.7 Å². The van der Waals surface area contributed by atoms with Crippen molar-refractivity contribution in [3.8, 4) is 11.5 Å². The van der Waals surface area contributed by atoms with E-state index < -0.39 is 17.7 Å². The monoisotopic (exact) mass is 528 g/mol. The molecule has 1 aliphatic heterocycles. The number of benzene rings is 2. The van der Waals surface area contributed by atoms with Crippen LogP contribution >= 0.6 is 0 Å². The Bertz CT molecular complexity index is 1390. The lowest BCUT2D eigenvalue weighted by Crippen LogP contribution is -2.29. The molecule has 4 rings (SSSR count). The highest BCUT2D eigenvalue weighted by Crippen LogP contribution is 2.42. The van der Waals surface area contributed by atoms with Crippen LogP contribution in [0.3, 0.4) is 0 Å². The molecule has 0 saturated carbocycles. The second-order valence-electron chi connectivity index (χ2n) is 11.2. The van der Waals surface area contributed by atoms with Gasteiger partial charge in [-0.25, -0.2) is 0 Å². The number of pyridine rings is 1. The van der Waals surface area contributed by atoms with E-state index in [2.05, 4.69) is 18.8 Å². The number of hydrogen-bond donors (Lipinski definition) is 1. The summed E-state index contributed by atoms with van der Waals surface area (Å²) < 4.78 is 11.5. The number of carbonyl (C=O) groups excluding carboxylic acids is 2. The Morgan fingerprint density at radius 1 is 1.08 bits per heavy atom. The third-order valence-corrected chi connectivity index (χ3v) is 6.65. The molecule has 1 atom stereocenters. The van der Waals surface area contributed by atoms with Gasteiger partial charge in [0.1, 0.15) is 17.3 Å². The number of methoxy groups -OCH3 is 1. The van der Waals surface area contributed by atoms with Gasteiger partial charge in [-0.15, -0.1) is 0 Å². The summed E-state index contributed by atoms with van der Waals surface area (Å²) in [5.41, 5.74) is 2.52. The van der Waals surface area contributed by atoms with Crippen molar-refractivity contribution >= 4 is 17.4 Å². The number of amides is 1. The molecule has 204 valence electrons. The van der Waals surface area contributed by atoms with Crippen molar-refractivity contribution in [1.29, 1.82) is 0 Å². The number of carbonyl (C=O) groups is 2. The quantitative estimate of drug-likeness (QED) is 0.218. The number of hydrogen-bond acceptors (Lipinski definition) is 6. The first-order chi connectivity index (χ1) is 18.5. The van der Waals surface area contributed by atoms with Crippen LogP contribution in [-0.2, 0) is 21.5 Å². The number of ketones is 1. The minimum absolute atomic E-state index is 0.0370. The first-order valence-corrected chi connectivity index (χ1v) is 13.1. The van der Waals surface area contributed by atoms with E-state index in [0.29, 0.717) is 35.2 Å². The van der Waals surface area contributed by atoms with Gasteiger partial charge < -0.3 is 19.5 Å². The van der Waals surface area contributed by atoms with Gasteiger partial charge in [0.2, 0.25) is 0 Å². The Balaban J connectivity index is 1.87. The summed E-state index contributed by atoms with van der Waals surface area (Å²) in [6.45, 7) is 11.0. The molecule has 3 aromatic rings. The molecule has 0 spiro atoms. The molecule has 1 aromatic heterocycles. The molecule has 7 heteroatoms. The van der Waals surface area contributed by atoms with E-state index in [1.165, 1.54) is 4.90 Å². The summed E-state index contributed by atoms with van der Waals surface area (Å²) in [5, 5.41) is 11.6. The van der Waals surface area contributed by atoms with Crippen molar-refractivity contribution in [1.82, 2.24) is 9.88 Å². The highest BCUT2D eigenvalue weighted by atomic mass is 16.5. The molecular formula is C32H36N2O5. The first kappa shape index (κ1) is 27.9. The number of ether oxygens (including phenoxy) is 2. The third-order valence-electron chi connectivity index (χ3n) is 6.65. The molecule has 2 heterocycles. The van der Waals surface area contributed by atoms with Crippen LogP contribution in [0.4, 0.5) is 0 Å². The number of Topliss-reactive ketones (excluding diaryl/α,β-unsaturated/α-hetero) is 1. The van der Waals surface area contributed by atoms with Gasteiger partial charge in [-0.1, -0.05) is 52.8 Å².